The number of hydrogen-bond acceptors (Lipinski definition) is 2. The average molecular weight is 171 g/mol. The van der Waals surface area contributed by atoms with Crippen LogP contribution in [0.4, 0.5) is 0 Å². The van der Waals surface area contributed by atoms with Gasteiger partial charge in [-0.3, -0.25) is 9.10 Å². The van der Waals surface area contributed by atoms with E-state index in [1.165, 1.54) is 19.3 Å². The Kier molecular flexibility index (Phi) is 1.83. The molecule has 2 aliphatic rings. The molecular formula is C8H13NOS. The summed E-state index contributed by atoms with van der Waals surface area (Å²) in [6.07, 6.45) is 4.93. The SMILES string of the molecule is CN1SC2CCCCC2C1=O. The van der Waals surface area contributed by atoms with Crippen molar-refractivity contribution in [3.8, 4) is 0 Å². The smallest absolute Gasteiger partial charge is 0.236 e. The lowest BCUT2D eigenvalue weighted by molar-refractivity contribution is -0.128. The summed E-state index contributed by atoms with van der Waals surface area (Å²) < 4.78 is 1.82. The van der Waals surface area contributed by atoms with E-state index in [0.717, 1.165) is 6.42 Å². The second kappa shape index (κ2) is 2.70. The normalized spacial score (nSPS) is 37.5. The zero-order valence-electron chi connectivity index (χ0n) is 6.75. The summed E-state index contributed by atoms with van der Waals surface area (Å²) in [5.74, 6) is 0.721. The van der Waals surface area contributed by atoms with Crippen LogP contribution in [0.2, 0.25) is 0 Å². The van der Waals surface area contributed by atoms with Crippen LogP contribution in [0.25, 0.3) is 0 Å². The Bertz CT molecular complexity index is 183. The molecule has 0 bridgehead atoms. The molecule has 0 aromatic heterocycles. The quantitative estimate of drug-likeness (QED) is 0.517. The summed E-state index contributed by atoms with van der Waals surface area (Å²) in [6.45, 7) is 0. The summed E-state index contributed by atoms with van der Waals surface area (Å²) >= 11 is 1.74. The van der Waals surface area contributed by atoms with Gasteiger partial charge < -0.3 is 0 Å². The van der Waals surface area contributed by atoms with Gasteiger partial charge in [0.2, 0.25) is 5.91 Å². The van der Waals surface area contributed by atoms with Crippen LogP contribution in [0.1, 0.15) is 25.7 Å². The average Bonchev–Trinajstić information content (AvgIpc) is 2.30. The summed E-state index contributed by atoms with van der Waals surface area (Å²) in [5, 5.41) is 0.612. The van der Waals surface area contributed by atoms with Crippen LogP contribution in [0, 0.1) is 5.92 Å². The van der Waals surface area contributed by atoms with Gasteiger partial charge >= 0.3 is 0 Å². The Morgan fingerprint density at radius 1 is 1.45 bits per heavy atom. The molecule has 0 radical (unpaired) electrons. The highest BCUT2D eigenvalue weighted by Crippen LogP contribution is 2.41. The maximum absolute atomic E-state index is 11.4. The van der Waals surface area contributed by atoms with Crippen LogP contribution in [0.15, 0.2) is 0 Å². The Morgan fingerprint density at radius 2 is 2.18 bits per heavy atom. The summed E-state index contributed by atoms with van der Waals surface area (Å²) in [4.78, 5) is 11.4. The number of nitrogens with zero attached hydrogens (tertiary/aromatic N) is 1. The first kappa shape index (κ1) is 7.47. The van der Waals surface area contributed by atoms with Gasteiger partial charge in [0.1, 0.15) is 0 Å². The standard InChI is InChI=1S/C8H13NOS/c1-9-8(10)6-4-2-3-5-7(6)11-9/h6-7H,2-5H2,1H3. The predicted molar refractivity (Wildman–Crippen MR) is 46.1 cm³/mol. The molecule has 2 rings (SSSR count). The molecular weight excluding hydrogens is 158 g/mol. The molecule has 1 aliphatic heterocycles. The number of amides is 1. The highest BCUT2D eigenvalue weighted by molar-refractivity contribution is 7.98. The molecule has 3 heteroatoms. The first-order valence-corrected chi connectivity index (χ1v) is 5.07. The highest BCUT2D eigenvalue weighted by atomic mass is 32.2. The van der Waals surface area contributed by atoms with Crippen LogP contribution in [-0.2, 0) is 4.79 Å². The number of rotatable bonds is 0. The van der Waals surface area contributed by atoms with Gasteiger partial charge in [0.05, 0.1) is 5.92 Å². The third kappa shape index (κ3) is 1.15. The molecule has 0 N–H and O–H groups in total. The molecule has 2 unspecified atom stereocenters. The predicted octanol–water partition coefficient (Wildman–Crippen LogP) is 1.67. The van der Waals surface area contributed by atoms with Crippen molar-refractivity contribution in [1.29, 1.82) is 0 Å². The van der Waals surface area contributed by atoms with E-state index in [1.807, 2.05) is 11.4 Å². The summed E-state index contributed by atoms with van der Waals surface area (Å²) in [7, 11) is 1.89. The van der Waals surface area contributed by atoms with Gasteiger partial charge in [0.15, 0.2) is 0 Å². The first-order chi connectivity index (χ1) is 5.29. The highest BCUT2D eigenvalue weighted by Gasteiger charge is 2.40. The lowest BCUT2D eigenvalue weighted by Gasteiger charge is -2.20. The minimum Gasteiger partial charge on any atom is -0.289 e. The number of fused-ring (bicyclic) bond motifs is 1. The fraction of sp³-hybridized carbons (Fsp3) is 0.875. The van der Waals surface area contributed by atoms with Gasteiger partial charge in [-0.15, -0.1) is 0 Å². The molecule has 0 aromatic carbocycles. The van der Waals surface area contributed by atoms with Gasteiger partial charge in [0, 0.05) is 12.3 Å². The van der Waals surface area contributed by atoms with Crippen LogP contribution < -0.4 is 0 Å². The van der Waals surface area contributed by atoms with Crippen molar-refractivity contribution < 1.29 is 4.79 Å². The van der Waals surface area contributed by atoms with Gasteiger partial charge in [-0.25, -0.2) is 0 Å². The number of carbonyl (C=O) groups is 1. The molecule has 11 heavy (non-hydrogen) atoms. The maximum atomic E-state index is 11.4. The van der Waals surface area contributed by atoms with Crippen molar-refractivity contribution in [1.82, 2.24) is 4.31 Å². The van der Waals surface area contributed by atoms with Crippen LogP contribution in [-0.4, -0.2) is 22.5 Å². The number of carbonyl (C=O) groups excluding carboxylic acids is 1. The van der Waals surface area contributed by atoms with Gasteiger partial charge in [0.25, 0.3) is 0 Å². The molecule has 2 nitrogen and oxygen atoms in total. The zero-order valence-corrected chi connectivity index (χ0v) is 7.56. The molecule has 1 amide bonds. The largest absolute Gasteiger partial charge is 0.289 e. The molecule has 0 spiro atoms. The van der Waals surface area contributed by atoms with Crippen molar-refractivity contribution >= 4 is 17.9 Å². The summed E-state index contributed by atoms with van der Waals surface area (Å²) in [6, 6.07) is 0. The molecule has 1 aliphatic carbocycles. The van der Waals surface area contributed by atoms with E-state index in [9.17, 15) is 4.79 Å². The molecule has 1 saturated heterocycles. The van der Waals surface area contributed by atoms with Crippen molar-refractivity contribution in [2.45, 2.75) is 30.9 Å². The molecule has 62 valence electrons. The lowest BCUT2D eigenvalue weighted by Crippen LogP contribution is -2.25. The minimum atomic E-state index is 0.360. The molecule has 1 saturated carbocycles. The second-order valence-corrected chi connectivity index (χ2v) is 4.73. The fourth-order valence-corrected chi connectivity index (χ4v) is 3.31. The second-order valence-electron chi connectivity index (χ2n) is 3.37. The first-order valence-electron chi connectivity index (χ1n) is 4.23. The number of hydrogen-bond donors (Lipinski definition) is 0. The van der Waals surface area contributed by atoms with Crippen molar-refractivity contribution in [2.24, 2.45) is 5.92 Å². The monoisotopic (exact) mass is 171 g/mol. The van der Waals surface area contributed by atoms with E-state index >= 15 is 0 Å². The van der Waals surface area contributed by atoms with Crippen molar-refractivity contribution in [3.63, 3.8) is 0 Å². The lowest BCUT2D eigenvalue weighted by atomic mass is 9.88. The van der Waals surface area contributed by atoms with Gasteiger partial charge in [-0.05, 0) is 24.8 Å². The van der Waals surface area contributed by atoms with Gasteiger partial charge in [-0.1, -0.05) is 12.8 Å². The Hall–Kier alpha value is -0.180. The van der Waals surface area contributed by atoms with Crippen LogP contribution in [0.5, 0.6) is 0 Å². The minimum absolute atomic E-state index is 0.360. The molecule has 2 fully saturated rings. The topological polar surface area (TPSA) is 20.3 Å². The van der Waals surface area contributed by atoms with Crippen molar-refractivity contribution in [2.75, 3.05) is 7.05 Å². The molecule has 0 aromatic rings. The molecule has 2 atom stereocenters. The maximum Gasteiger partial charge on any atom is 0.236 e. The van der Waals surface area contributed by atoms with E-state index < -0.39 is 0 Å². The Labute approximate surface area is 71.5 Å². The van der Waals surface area contributed by atoms with E-state index in [4.69, 9.17) is 0 Å². The van der Waals surface area contributed by atoms with Gasteiger partial charge in [-0.2, -0.15) is 0 Å². The van der Waals surface area contributed by atoms with E-state index in [-0.39, 0.29) is 0 Å². The van der Waals surface area contributed by atoms with E-state index in [2.05, 4.69) is 0 Å². The Morgan fingerprint density at radius 3 is 2.91 bits per heavy atom. The van der Waals surface area contributed by atoms with Crippen molar-refractivity contribution in [3.05, 3.63) is 0 Å². The van der Waals surface area contributed by atoms with E-state index in [1.54, 1.807) is 11.9 Å². The fourth-order valence-electron chi connectivity index (χ4n) is 1.99. The molecule has 1 heterocycles. The third-order valence-electron chi connectivity index (χ3n) is 2.62. The third-order valence-corrected chi connectivity index (χ3v) is 3.95. The van der Waals surface area contributed by atoms with E-state index in [0.29, 0.717) is 17.1 Å². The van der Waals surface area contributed by atoms with Crippen LogP contribution >= 0.6 is 11.9 Å². The Balaban J connectivity index is 2.11. The van der Waals surface area contributed by atoms with Crippen LogP contribution in [0.3, 0.4) is 0 Å². The zero-order chi connectivity index (χ0) is 7.84. The summed E-state index contributed by atoms with van der Waals surface area (Å²) in [5.41, 5.74) is 0.